The highest BCUT2D eigenvalue weighted by molar-refractivity contribution is 7.92. The molecule has 1 heterocycles. The Morgan fingerprint density at radius 1 is 1.07 bits per heavy atom. The van der Waals surface area contributed by atoms with Crippen molar-refractivity contribution in [2.24, 2.45) is 0 Å². The van der Waals surface area contributed by atoms with Crippen LogP contribution in [-0.2, 0) is 10.0 Å². The molecule has 0 aliphatic carbocycles. The third kappa shape index (κ3) is 5.40. The lowest BCUT2D eigenvalue weighted by molar-refractivity contribution is 0.0614. The molecule has 2 aromatic carbocycles. The SMILES string of the molecule is O=C(c1cccc(S(=O)(=O)Nc2cc(Cl)ccc2Cl)c1)N1CCN(CCO)CC1. The normalized spacial score (nSPS) is 15.3. The monoisotopic (exact) mass is 457 g/mol. The van der Waals surface area contributed by atoms with Crippen LogP contribution in [0.25, 0.3) is 0 Å². The lowest BCUT2D eigenvalue weighted by atomic mass is 10.2. The van der Waals surface area contributed by atoms with Crippen LogP contribution in [0, 0.1) is 0 Å². The number of rotatable bonds is 6. The Hall–Kier alpha value is -1.84. The Bertz CT molecular complexity index is 993. The fraction of sp³-hybridized carbons (Fsp3) is 0.316. The Balaban J connectivity index is 1.76. The molecule has 1 aliphatic rings. The third-order valence-corrected chi connectivity index (χ3v) is 6.57. The highest BCUT2D eigenvalue weighted by Gasteiger charge is 2.23. The van der Waals surface area contributed by atoms with Crippen molar-refractivity contribution in [2.45, 2.75) is 4.90 Å². The smallest absolute Gasteiger partial charge is 0.261 e. The zero-order valence-electron chi connectivity index (χ0n) is 15.5. The van der Waals surface area contributed by atoms with Gasteiger partial charge in [-0.1, -0.05) is 29.3 Å². The number of nitrogens with one attached hydrogen (secondary N) is 1. The molecule has 0 radical (unpaired) electrons. The molecule has 0 aromatic heterocycles. The second-order valence-corrected chi connectivity index (χ2v) is 9.14. The number of halogens is 2. The van der Waals surface area contributed by atoms with E-state index in [0.29, 0.717) is 43.3 Å². The van der Waals surface area contributed by atoms with Gasteiger partial charge in [-0.05, 0) is 36.4 Å². The minimum atomic E-state index is -3.96. The van der Waals surface area contributed by atoms with Crippen molar-refractivity contribution < 1.29 is 18.3 Å². The summed E-state index contributed by atoms with van der Waals surface area (Å²) in [5, 5.41) is 9.57. The molecule has 3 rings (SSSR count). The Labute approximate surface area is 179 Å². The topological polar surface area (TPSA) is 90.0 Å². The van der Waals surface area contributed by atoms with Crippen molar-refractivity contribution in [3.63, 3.8) is 0 Å². The van der Waals surface area contributed by atoms with Gasteiger partial charge in [-0.15, -0.1) is 0 Å². The number of hydrogen-bond acceptors (Lipinski definition) is 5. The first-order valence-corrected chi connectivity index (χ1v) is 11.2. The van der Waals surface area contributed by atoms with E-state index in [1.807, 2.05) is 0 Å². The number of amides is 1. The number of carbonyl (C=O) groups excluding carboxylic acids is 1. The fourth-order valence-corrected chi connectivity index (χ4v) is 4.58. The second-order valence-electron chi connectivity index (χ2n) is 6.61. The van der Waals surface area contributed by atoms with E-state index in [1.54, 1.807) is 17.0 Å². The lowest BCUT2D eigenvalue weighted by Crippen LogP contribution is -2.49. The molecular weight excluding hydrogens is 437 g/mol. The quantitative estimate of drug-likeness (QED) is 0.695. The average molecular weight is 458 g/mol. The molecule has 1 aliphatic heterocycles. The highest BCUT2D eigenvalue weighted by Crippen LogP contribution is 2.28. The zero-order valence-corrected chi connectivity index (χ0v) is 17.8. The first-order valence-electron chi connectivity index (χ1n) is 9.00. The number of aliphatic hydroxyl groups excluding tert-OH is 1. The Morgan fingerprint density at radius 2 is 1.79 bits per heavy atom. The zero-order chi connectivity index (χ0) is 21.0. The van der Waals surface area contributed by atoms with E-state index in [4.69, 9.17) is 28.3 Å². The summed E-state index contributed by atoms with van der Waals surface area (Å²) in [4.78, 5) is 16.5. The maximum absolute atomic E-state index is 12.8. The van der Waals surface area contributed by atoms with E-state index in [1.165, 1.54) is 30.3 Å². The number of aliphatic hydroxyl groups is 1. The van der Waals surface area contributed by atoms with E-state index in [2.05, 4.69) is 9.62 Å². The molecule has 0 saturated carbocycles. The van der Waals surface area contributed by atoms with E-state index in [-0.39, 0.29) is 28.1 Å². The maximum Gasteiger partial charge on any atom is 0.261 e. The molecule has 0 spiro atoms. The summed E-state index contributed by atoms with van der Waals surface area (Å²) >= 11 is 12.0. The third-order valence-electron chi connectivity index (χ3n) is 4.64. The maximum atomic E-state index is 12.8. The Kier molecular flexibility index (Phi) is 7.02. The predicted molar refractivity (Wildman–Crippen MR) is 113 cm³/mol. The van der Waals surface area contributed by atoms with Crippen LogP contribution in [0.5, 0.6) is 0 Å². The van der Waals surface area contributed by atoms with Gasteiger partial charge in [0.25, 0.3) is 15.9 Å². The van der Waals surface area contributed by atoms with Crippen LogP contribution in [0.1, 0.15) is 10.4 Å². The van der Waals surface area contributed by atoms with Crippen molar-refractivity contribution in [3.05, 3.63) is 58.1 Å². The van der Waals surface area contributed by atoms with Gasteiger partial charge in [0.1, 0.15) is 0 Å². The summed E-state index contributed by atoms with van der Waals surface area (Å²) < 4.78 is 27.9. The fourth-order valence-electron chi connectivity index (χ4n) is 3.07. The molecule has 29 heavy (non-hydrogen) atoms. The minimum absolute atomic E-state index is 0.0432. The summed E-state index contributed by atoms with van der Waals surface area (Å²) in [6.07, 6.45) is 0. The molecule has 10 heteroatoms. The molecule has 2 aromatic rings. The number of sulfonamides is 1. The van der Waals surface area contributed by atoms with Crippen LogP contribution < -0.4 is 4.72 Å². The van der Waals surface area contributed by atoms with Gasteiger partial charge in [-0.3, -0.25) is 14.4 Å². The molecular formula is C19H21Cl2N3O4S. The first kappa shape index (κ1) is 21.9. The van der Waals surface area contributed by atoms with Gasteiger partial charge >= 0.3 is 0 Å². The summed E-state index contributed by atoms with van der Waals surface area (Å²) in [5.74, 6) is -0.230. The van der Waals surface area contributed by atoms with Crippen LogP contribution >= 0.6 is 23.2 Å². The highest BCUT2D eigenvalue weighted by atomic mass is 35.5. The summed E-state index contributed by atoms with van der Waals surface area (Å²) in [7, 11) is -3.96. The molecule has 1 amide bonds. The minimum Gasteiger partial charge on any atom is -0.395 e. The second kappa shape index (κ2) is 9.32. The largest absolute Gasteiger partial charge is 0.395 e. The molecule has 1 fully saturated rings. The van der Waals surface area contributed by atoms with Gasteiger partial charge in [0.2, 0.25) is 0 Å². The van der Waals surface area contributed by atoms with Crippen LogP contribution in [0.4, 0.5) is 5.69 Å². The van der Waals surface area contributed by atoms with Gasteiger partial charge in [0, 0.05) is 43.3 Å². The van der Waals surface area contributed by atoms with Gasteiger partial charge in [-0.25, -0.2) is 8.42 Å². The number of carbonyl (C=O) groups is 1. The lowest BCUT2D eigenvalue weighted by Gasteiger charge is -2.34. The van der Waals surface area contributed by atoms with E-state index in [9.17, 15) is 13.2 Å². The number of anilines is 1. The van der Waals surface area contributed by atoms with Gasteiger partial charge in [-0.2, -0.15) is 0 Å². The molecule has 7 nitrogen and oxygen atoms in total. The molecule has 2 N–H and O–H groups in total. The standard InChI is InChI=1S/C19H21Cl2N3O4S/c20-15-4-5-17(21)18(13-15)22-29(27,28)16-3-1-2-14(12-16)19(26)24-8-6-23(7-9-24)10-11-25/h1-5,12-13,22,25H,6-11H2. The van der Waals surface area contributed by atoms with Crippen LogP contribution in [0.15, 0.2) is 47.4 Å². The molecule has 0 bridgehead atoms. The van der Waals surface area contributed by atoms with Gasteiger partial charge < -0.3 is 10.0 Å². The van der Waals surface area contributed by atoms with Crippen LogP contribution in [0.2, 0.25) is 10.0 Å². The predicted octanol–water partition coefficient (Wildman–Crippen LogP) is 2.54. The summed E-state index contributed by atoms with van der Waals surface area (Å²) in [6.45, 7) is 3.03. The molecule has 1 saturated heterocycles. The van der Waals surface area contributed by atoms with E-state index in [0.717, 1.165) is 0 Å². The number of piperazine rings is 1. The Morgan fingerprint density at radius 3 is 2.48 bits per heavy atom. The summed E-state index contributed by atoms with van der Waals surface area (Å²) in [6, 6.07) is 10.4. The van der Waals surface area contributed by atoms with E-state index >= 15 is 0 Å². The van der Waals surface area contributed by atoms with Gasteiger partial charge in [0.05, 0.1) is 22.2 Å². The van der Waals surface area contributed by atoms with Crippen LogP contribution in [0.3, 0.4) is 0 Å². The van der Waals surface area contributed by atoms with Crippen molar-refractivity contribution in [3.8, 4) is 0 Å². The van der Waals surface area contributed by atoms with Crippen molar-refractivity contribution >= 4 is 44.8 Å². The molecule has 156 valence electrons. The molecule has 0 unspecified atom stereocenters. The van der Waals surface area contributed by atoms with Crippen molar-refractivity contribution in [1.29, 1.82) is 0 Å². The van der Waals surface area contributed by atoms with Crippen molar-refractivity contribution in [2.75, 3.05) is 44.1 Å². The van der Waals surface area contributed by atoms with Crippen molar-refractivity contribution in [1.82, 2.24) is 9.80 Å². The van der Waals surface area contributed by atoms with Gasteiger partial charge in [0.15, 0.2) is 0 Å². The number of hydrogen-bond donors (Lipinski definition) is 2. The van der Waals surface area contributed by atoms with E-state index < -0.39 is 10.0 Å². The number of benzene rings is 2. The average Bonchev–Trinajstić information content (AvgIpc) is 2.71. The number of β-amino-alcohol motifs (C(OH)–C–C–N with tert-alkyl or cyclic N) is 1. The summed E-state index contributed by atoms with van der Waals surface area (Å²) in [5.41, 5.74) is 0.455. The first-order chi connectivity index (χ1) is 13.8. The number of nitrogens with zero attached hydrogens (tertiary/aromatic N) is 2. The molecule has 0 atom stereocenters. The van der Waals surface area contributed by atoms with Crippen LogP contribution in [-0.4, -0.2) is 68.6 Å².